The molecule has 17 heavy (non-hydrogen) atoms. The van der Waals surface area contributed by atoms with Crippen LogP contribution >= 0.6 is 0 Å². The number of H-pyrrole nitrogens is 1. The number of rotatable bonds is 3. The Morgan fingerprint density at radius 2 is 2.18 bits per heavy atom. The quantitative estimate of drug-likeness (QED) is 0.816. The van der Waals surface area contributed by atoms with Crippen molar-refractivity contribution in [3.8, 4) is 0 Å². The zero-order valence-electron chi connectivity index (χ0n) is 9.34. The fraction of sp³-hybridized carbons (Fsp3) is 0.300. The Kier molecular flexibility index (Phi) is 3.82. The van der Waals surface area contributed by atoms with Crippen LogP contribution < -0.4 is 0 Å². The third-order valence-corrected chi connectivity index (χ3v) is 1.98. The Balaban J connectivity index is 3.08. The zero-order chi connectivity index (χ0) is 13.1. The van der Waals surface area contributed by atoms with Gasteiger partial charge in [-0.25, -0.2) is 0 Å². The van der Waals surface area contributed by atoms with Crippen LogP contribution in [0.1, 0.15) is 18.3 Å². The van der Waals surface area contributed by atoms with Gasteiger partial charge in [-0.15, -0.1) is 0 Å². The molecule has 0 unspecified atom stereocenters. The number of alkyl halides is 3. The Labute approximate surface area is 96.0 Å². The minimum absolute atomic E-state index is 0.183. The van der Waals surface area contributed by atoms with E-state index >= 15 is 0 Å². The first-order valence-corrected chi connectivity index (χ1v) is 4.63. The third-order valence-electron chi connectivity index (χ3n) is 1.98. The number of aromatic amines is 1. The SMILES string of the molecule is C=N/C(C)=C\C(=N/C)c1cc(C(F)(F)F)n[nH]1. The van der Waals surface area contributed by atoms with E-state index in [-0.39, 0.29) is 5.69 Å². The summed E-state index contributed by atoms with van der Waals surface area (Å²) in [5.74, 6) is 0. The van der Waals surface area contributed by atoms with Crippen molar-refractivity contribution in [1.29, 1.82) is 0 Å². The molecule has 0 spiro atoms. The molecule has 0 fully saturated rings. The highest BCUT2D eigenvalue weighted by atomic mass is 19.4. The summed E-state index contributed by atoms with van der Waals surface area (Å²) >= 11 is 0. The first kappa shape index (κ1) is 13.1. The lowest BCUT2D eigenvalue weighted by atomic mass is 10.2. The Morgan fingerprint density at radius 3 is 2.59 bits per heavy atom. The van der Waals surface area contributed by atoms with Gasteiger partial charge in [0.1, 0.15) is 0 Å². The number of allylic oxidation sites excluding steroid dienone is 2. The van der Waals surface area contributed by atoms with Crippen LogP contribution in [0, 0.1) is 0 Å². The van der Waals surface area contributed by atoms with Gasteiger partial charge in [0.25, 0.3) is 0 Å². The van der Waals surface area contributed by atoms with Crippen LogP contribution in [0.15, 0.2) is 27.8 Å². The molecule has 0 aromatic carbocycles. The Hall–Kier alpha value is -1.92. The van der Waals surface area contributed by atoms with E-state index in [1.54, 1.807) is 6.92 Å². The molecule has 7 heteroatoms. The molecule has 92 valence electrons. The van der Waals surface area contributed by atoms with E-state index < -0.39 is 11.9 Å². The molecule has 0 aliphatic rings. The standard InChI is InChI=1S/C10H11F3N4/c1-6(14-2)4-7(15-3)8-5-9(17-16-8)10(11,12)13/h4-5H,2H2,1,3H3,(H,16,17)/b6-4-,15-7+. The van der Waals surface area contributed by atoms with E-state index in [0.29, 0.717) is 11.4 Å². The topological polar surface area (TPSA) is 53.4 Å². The van der Waals surface area contributed by atoms with Crippen LogP contribution in [-0.2, 0) is 6.18 Å². The van der Waals surface area contributed by atoms with Gasteiger partial charge in [0.15, 0.2) is 5.69 Å². The number of aliphatic imine (C=N–C) groups is 2. The van der Waals surface area contributed by atoms with Crippen LogP contribution in [0.25, 0.3) is 0 Å². The molecule has 1 N–H and O–H groups in total. The number of hydrogen-bond donors (Lipinski definition) is 1. The molecule has 0 saturated heterocycles. The number of aromatic nitrogens is 2. The van der Waals surface area contributed by atoms with E-state index in [0.717, 1.165) is 6.07 Å². The highest BCUT2D eigenvalue weighted by Crippen LogP contribution is 2.27. The zero-order valence-corrected chi connectivity index (χ0v) is 9.34. The first-order valence-electron chi connectivity index (χ1n) is 4.63. The molecular formula is C10H11F3N4. The molecule has 0 atom stereocenters. The summed E-state index contributed by atoms with van der Waals surface area (Å²) in [5.41, 5.74) is 0.0840. The van der Waals surface area contributed by atoms with E-state index in [1.807, 2.05) is 0 Å². The monoisotopic (exact) mass is 244 g/mol. The first-order chi connectivity index (χ1) is 7.88. The number of hydrogen-bond acceptors (Lipinski definition) is 3. The summed E-state index contributed by atoms with van der Waals surface area (Å²) in [6.45, 7) is 4.97. The summed E-state index contributed by atoms with van der Waals surface area (Å²) in [6.07, 6.45) is -2.95. The molecule has 0 amide bonds. The van der Waals surface area contributed by atoms with Crippen molar-refractivity contribution in [2.24, 2.45) is 9.98 Å². The van der Waals surface area contributed by atoms with Crippen LogP contribution in [0.2, 0.25) is 0 Å². The van der Waals surface area contributed by atoms with E-state index in [2.05, 4.69) is 26.9 Å². The van der Waals surface area contributed by atoms with Gasteiger partial charge < -0.3 is 0 Å². The maximum Gasteiger partial charge on any atom is 0.435 e. The maximum absolute atomic E-state index is 12.3. The predicted octanol–water partition coefficient (Wildman–Crippen LogP) is 2.45. The fourth-order valence-corrected chi connectivity index (χ4v) is 1.10. The average molecular weight is 244 g/mol. The summed E-state index contributed by atoms with van der Waals surface area (Å²) in [4.78, 5) is 7.49. The van der Waals surface area contributed by atoms with Crippen molar-refractivity contribution in [3.05, 3.63) is 29.2 Å². The highest BCUT2D eigenvalue weighted by molar-refractivity contribution is 6.07. The molecule has 0 bridgehead atoms. The molecule has 0 saturated carbocycles. The third kappa shape index (κ3) is 3.27. The maximum atomic E-state index is 12.3. The van der Waals surface area contributed by atoms with Crippen LogP contribution in [0.5, 0.6) is 0 Å². The highest BCUT2D eigenvalue weighted by Gasteiger charge is 2.34. The average Bonchev–Trinajstić information content (AvgIpc) is 2.74. The number of nitrogens with zero attached hydrogens (tertiary/aromatic N) is 3. The van der Waals surface area contributed by atoms with Gasteiger partial charge in [0, 0.05) is 12.7 Å². The second-order valence-corrected chi connectivity index (χ2v) is 3.22. The van der Waals surface area contributed by atoms with E-state index in [4.69, 9.17) is 0 Å². The van der Waals surface area contributed by atoms with Crippen molar-refractivity contribution in [3.63, 3.8) is 0 Å². The molecule has 0 aliphatic heterocycles. The van der Waals surface area contributed by atoms with E-state index in [9.17, 15) is 13.2 Å². The number of halogens is 3. The second-order valence-electron chi connectivity index (χ2n) is 3.22. The summed E-state index contributed by atoms with van der Waals surface area (Å²) in [6, 6.07) is 0.898. The van der Waals surface area contributed by atoms with Gasteiger partial charge >= 0.3 is 6.18 Å². The smallest absolute Gasteiger partial charge is 0.286 e. The molecule has 1 rings (SSSR count). The van der Waals surface area contributed by atoms with Crippen LogP contribution in [0.4, 0.5) is 13.2 Å². The number of nitrogens with one attached hydrogen (secondary N) is 1. The largest absolute Gasteiger partial charge is 0.435 e. The van der Waals surface area contributed by atoms with Gasteiger partial charge in [-0.05, 0) is 25.8 Å². The van der Waals surface area contributed by atoms with Crippen molar-refractivity contribution < 1.29 is 13.2 Å². The summed E-state index contributed by atoms with van der Waals surface area (Å²) < 4.78 is 37.0. The van der Waals surface area contributed by atoms with Crippen LogP contribution in [0.3, 0.4) is 0 Å². The van der Waals surface area contributed by atoms with Gasteiger partial charge in [0.2, 0.25) is 0 Å². The van der Waals surface area contributed by atoms with Gasteiger partial charge in [-0.2, -0.15) is 18.3 Å². The molecule has 1 aromatic heterocycles. The van der Waals surface area contributed by atoms with Crippen molar-refractivity contribution in [2.75, 3.05) is 7.05 Å². The minimum Gasteiger partial charge on any atom is -0.286 e. The minimum atomic E-state index is -4.47. The van der Waals surface area contributed by atoms with Gasteiger partial charge in [0.05, 0.1) is 11.4 Å². The van der Waals surface area contributed by atoms with Crippen LogP contribution in [-0.4, -0.2) is 29.7 Å². The van der Waals surface area contributed by atoms with E-state index in [1.165, 1.54) is 13.1 Å². The lowest BCUT2D eigenvalue weighted by Crippen LogP contribution is -2.04. The Bertz CT molecular complexity index is 468. The van der Waals surface area contributed by atoms with Crippen molar-refractivity contribution in [2.45, 2.75) is 13.1 Å². The molecule has 4 nitrogen and oxygen atoms in total. The van der Waals surface area contributed by atoms with Crippen molar-refractivity contribution >= 4 is 12.4 Å². The molecule has 1 heterocycles. The lowest BCUT2D eigenvalue weighted by molar-refractivity contribution is -0.141. The van der Waals surface area contributed by atoms with Crippen molar-refractivity contribution in [1.82, 2.24) is 10.2 Å². The summed E-state index contributed by atoms with van der Waals surface area (Å²) in [5, 5.41) is 5.47. The van der Waals surface area contributed by atoms with Gasteiger partial charge in [-0.1, -0.05) is 0 Å². The molecule has 1 aromatic rings. The second kappa shape index (κ2) is 4.94. The van der Waals surface area contributed by atoms with Gasteiger partial charge in [-0.3, -0.25) is 15.1 Å². The molecular weight excluding hydrogens is 233 g/mol. The fourth-order valence-electron chi connectivity index (χ4n) is 1.10. The lowest BCUT2D eigenvalue weighted by Gasteiger charge is -1.99. The normalized spacial score (nSPS) is 13.9. The Morgan fingerprint density at radius 1 is 1.53 bits per heavy atom. The molecule has 0 aliphatic carbocycles. The predicted molar refractivity (Wildman–Crippen MR) is 59.4 cm³/mol. The summed E-state index contributed by atoms with van der Waals surface area (Å²) in [7, 11) is 1.47. The molecule has 0 radical (unpaired) electrons.